The van der Waals surface area contributed by atoms with Crippen molar-refractivity contribution in [3.05, 3.63) is 83.9 Å². The molecule has 4 rings (SSSR count). The molecule has 0 aliphatic rings. The second-order valence-electron chi connectivity index (χ2n) is 5.71. The summed E-state index contributed by atoms with van der Waals surface area (Å²) in [7, 11) is 0. The van der Waals surface area contributed by atoms with Gasteiger partial charge in [-0.25, -0.2) is 22.7 Å². The highest BCUT2D eigenvalue weighted by atomic mass is 19.1. The van der Waals surface area contributed by atoms with Crippen LogP contribution in [0.1, 0.15) is 10.5 Å². The number of hydrogen-bond acceptors (Lipinski definition) is 3. The smallest absolute Gasteiger partial charge is 0.276 e. The van der Waals surface area contributed by atoms with Crippen molar-refractivity contribution in [1.29, 1.82) is 0 Å². The van der Waals surface area contributed by atoms with E-state index in [-0.39, 0.29) is 17.2 Å². The largest absolute Gasteiger partial charge is 0.318 e. The second kappa shape index (κ2) is 6.56. The monoisotopic (exact) mass is 368 g/mol. The molecule has 0 aliphatic carbocycles. The van der Waals surface area contributed by atoms with Gasteiger partial charge in [0.25, 0.3) is 5.91 Å². The Labute approximate surface area is 151 Å². The molecule has 0 unspecified atom stereocenters. The highest BCUT2D eigenvalue weighted by Crippen LogP contribution is 2.21. The lowest BCUT2D eigenvalue weighted by Crippen LogP contribution is -2.14. The van der Waals surface area contributed by atoms with Crippen LogP contribution in [0.3, 0.4) is 0 Å². The first kappa shape index (κ1) is 16.8. The fraction of sp³-hybridized carbons (Fsp3) is 0. The van der Waals surface area contributed by atoms with Crippen LogP contribution in [0.15, 0.2) is 60.8 Å². The van der Waals surface area contributed by atoms with Gasteiger partial charge in [0.1, 0.15) is 17.5 Å². The van der Waals surface area contributed by atoms with Crippen molar-refractivity contribution >= 4 is 17.2 Å². The van der Waals surface area contributed by atoms with E-state index in [1.807, 2.05) is 0 Å². The first-order valence-corrected chi connectivity index (χ1v) is 7.88. The summed E-state index contributed by atoms with van der Waals surface area (Å²) in [6, 6.07) is 11.6. The molecule has 5 nitrogen and oxygen atoms in total. The van der Waals surface area contributed by atoms with Crippen molar-refractivity contribution < 1.29 is 18.0 Å². The van der Waals surface area contributed by atoms with Gasteiger partial charge in [0.05, 0.1) is 11.4 Å². The summed E-state index contributed by atoms with van der Waals surface area (Å²) in [5.74, 6) is -2.53. The van der Waals surface area contributed by atoms with Gasteiger partial charge in [-0.3, -0.25) is 4.79 Å². The number of hydrogen-bond donors (Lipinski definition) is 1. The van der Waals surface area contributed by atoms with E-state index in [4.69, 9.17) is 0 Å². The van der Waals surface area contributed by atoms with Crippen LogP contribution in [-0.2, 0) is 0 Å². The maximum absolute atomic E-state index is 13.7. The molecule has 2 heterocycles. The zero-order chi connectivity index (χ0) is 19.0. The number of amides is 1. The van der Waals surface area contributed by atoms with E-state index in [0.717, 1.165) is 18.2 Å². The molecule has 0 saturated heterocycles. The summed E-state index contributed by atoms with van der Waals surface area (Å²) >= 11 is 0. The molecule has 0 aliphatic heterocycles. The number of fused-ring (bicyclic) bond motifs is 1. The summed E-state index contributed by atoms with van der Waals surface area (Å²) in [5.41, 5.74) is 1.33. The number of benzene rings is 2. The van der Waals surface area contributed by atoms with Crippen LogP contribution < -0.4 is 5.32 Å². The normalized spacial score (nSPS) is 10.9. The molecule has 27 heavy (non-hydrogen) atoms. The fourth-order valence-electron chi connectivity index (χ4n) is 2.63. The van der Waals surface area contributed by atoms with E-state index >= 15 is 0 Å². The van der Waals surface area contributed by atoms with Crippen molar-refractivity contribution in [3.8, 4) is 11.3 Å². The average Bonchev–Trinajstić information content (AvgIpc) is 3.10. The van der Waals surface area contributed by atoms with E-state index in [1.165, 1.54) is 28.9 Å². The van der Waals surface area contributed by atoms with Gasteiger partial charge in [-0.1, -0.05) is 0 Å². The average molecular weight is 368 g/mol. The molecule has 0 bridgehead atoms. The predicted molar refractivity (Wildman–Crippen MR) is 92.7 cm³/mol. The van der Waals surface area contributed by atoms with Gasteiger partial charge in [-0.15, -0.1) is 0 Å². The Balaban J connectivity index is 1.71. The van der Waals surface area contributed by atoms with Crippen molar-refractivity contribution in [3.63, 3.8) is 0 Å². The van der Waals surface area contributed by atoms with E-state index in [0.29, 0.717) is 16.9 Å². The third kappa shape index (κ3) is 3.24. The number of halogens is 3. The molecule has 0 radical (unpaired) electrons. The Morgan fingerprint density at radius 2 is 1.67 bits per heavy atom. The van der Waals surface area contributed by atoms with Gasteiger partial charge in [0.15, 0.2) is 11.3 Å². The van der Waals surface area contributed by atoms with Crippen LogP contribution in [-0.4, -0.2) is 20.5 Å². The minimum Gasteiger partial charge on any atom is -0.318 e. The first-order valence-electron chi connectivity index (χ1n) is 7.88. The van der Waals surface area contributed by atoms with Crippen molar-refractivity contribution in [2.24, 2.45) is 0 Å². The molecule has 2 aromatic heterocycles. The number of rotatable bonds is 3. The van der Waals surface area contributed by atoms with Crippen LogP contribution in [0.25, 0.3) is 16.9 Å². The summed E-state index contributed by atoms with van der Waals surface area (Å²) < 4.78 is 41.6. The van der Waals surface area contributed by atoms with Gasteiger partial charge in [-0.05, 0) is 42.5 Å². The maximum atomic E-state index is 13.7. The summed E-state index contributed by atoms with van der Waals surface area (Å²) in [6.07, 6.45) is 1.53. The molecule has 1 N–H and O–H groups in total. The predicted octanol–water partition coefficient (Wildman–Crippen LogP) is 4.07. The second-order valence-corrected chi connectivity index (χ2v) is 5.71. The van der Waals surface area contributed by atoms with Crippen LogP contribution in [0.2, 0.25) is 0 Å². The lowest BCUT2D eigenvalue weighted by Gasteiger charge is -2.05. The number of carbonyl (C=O) groups excluding carboxylic acids is 1. The Kier molecular flexibility index (Phi) is 4.08. The molecule has 1 amide bonds. The molecular formula is C19H11F3N4O. The third-order valence-electron chi connectivity index (χ3n) is 3.91. The zero-order valence-corrected chi connectivity index (χ0v) is 13.7. The Morgan fingerprint density at radius 1 is 0.926 bits per heavy atom. The fourth-order valence-corrected chi connectivity index (χ4v) is 2.63. The number of carbonyl (C=O) groups is 1. The maximum Gasteiger partial charge on any atom is 0.276 e. The van der Waals surface area contributed by atoms with Gasteiger partial charge in [0, 0.05) is 23.9 Å². The lowest BCUT2D eigenvalue weighted by molar-refractivity contribution is 0.102. The standard InChI is InChI=1S/C19H11F3N4O/c20-12-3-1-11(2-4-12)17-7-8-23-18-10-16(25-26(17)18)19(27)24-15-9-13(21)5-6-14(15)22/h1-10H,(H,24,27). The topological polar surface area (TPSA) is 59.3 Å². The molecule has 0 saturated carbocycles. The van der Waals surface area contributed by atoms with E-state index in [9.17, 15) is 18.0 Å². The van der Waals surface area contributed by atoms with Gasteiger partial charge in [0.2, 0.25) is 0 Å². The van der Waals surface area contributed by atoms with Crippen molar-refractivity contribution in [2.75, 3.05) is 5.32 Å². The van der Waals surface area contributed by atoms with Crippen molar-refractivity contribution in [2.45, 2.75) is 0 Å². The highest BCUT2D eigenvalue weighted by Gasteiger charge is 2.16. The van der Waals surface area contributed by atoms with Crippen LogP contribution in [0, 0.1) is 17.5 Å². The number of nitrogens with zero attached hydrogens (tertiary/aromatic N) is 3. The van der Waals surface area contributed by atoms with Crippen LogP contribution >= 0.6 is 0 Å². The Bertz CT molecular complexity index is 1160. The zero-order valence-electron chi connectivity index (χ0n) is 13.7. The molecule has 2 aromatic carbocycles. The lowest BCUT2D eigenvalue weighted by atomic mass is 10.1. The van der Waals surface area contributed by atoms with Crippen LogP contribution in [0.4, 0.5) is 18.9 Å². The van der Waals surface area contributed by atoms with E-state index < -0.39 is 17.5 Å². The van der Waals surface area contributed by atoms with Crippen LogP contribution in [0.5, 0.6) is 0 Å². The quantitative estimate of drug-likeness (QED) is 0.593. The Hall–Kier alpha value is -3.68. The number of anilines is 1. The van der Waals surface area contributed by atoms with Gasteiger partial charge < -0.3 is 5.32 Å². The van der Waals surface area contributed by atoms with Crippen molar-refractivity contribution in [1.82, 2.24) is 14.6 Å². The molecule has 4 aromatic rings. The Morgan fingerprint density at radius 3 is 2.44 bits per heavy atom. The van der Waals surface area contributed by atoms with Gasteiger partial charge >= 0.3 is 0 Å². The molecule has 0 fully saturated rings. The first-order chi connectivity index (χ1) is 13.0. The van der Waals surface area contributed by atoms with E-state index in [2.05, 4.69) is 15.4 Å². The summed E-state index contributed by atoms with van der Waals surface area (Å²) in [5, 5.41) is 6.48. The highest BCUT2D eigenvalue weighted by molar-refractivity contribution is 6.03. The van der Waals surface area contributed by atoms with Gasteiger partial charge in [-0.2, -0.15) is 5.10 Å². The molecular weight excluding hydrogens is 357 g/mol. The van der Waals surface area contributed by atoms with E-state index in [1.54, 1.807) is 18.2 Å². The minimum absolute atomic E-state index is 0.0271. The SMILES string of the molecule is O=C(Nc1cc(F)ccc1F)c1cc2nccc(-c3ccc(F)cc3)n2n1. The number of aromatic nitrogens is 3. The number of nitrogens with one attached hydrogen (secondary N) is 1. The minimum atomic E-state index is -0.765. The summed E-state index contributed by atoms with van der Waals surface area (Å²) in [6.45, 7) is 0. The molecule has 0 spiro atoms. The summed E-state index contributed by atoms with van der Waals surface area (Å²) in [4.78, 5) is 16.5. The molecule has 0 atom stereocenters. The third-order valence-corrected chi connectivity index (χ3v) is 3.91. The molecule has 134 valence electrons. The molecule has 8 heteroatoms.